The number of aromatic amines is 1. The number of aromatic nitrogens is 2. The average molecular weight is 211 g/mol. The summed E-state index contributed by atoms with van der Waals surface area (Å²) in [5, 5.41) is 15.2. The third-order valence-electron chi connectivity index (χ3n) is 2.26. The van der Waals surface area contributed by atoms with Gasteiger partial charge in [-0.15, -0.1) is 0 Å². The van der Waals surface area contributed by atoms with Crippen LogP contribution >= 0.6 is 0 Å². The van der Waals surface area contributed by atoms with Crippen LogP contribution in [-0.2, 0) is 0 Å². The van der Waals surface area contributed by atoms with Crippen molar-refractivity contribution in [2.45, 2.75) is 6.92 Å². The van der Waals surface area contributed by atoms with Gasteiger partial charge in [0.2, 0.25) is 0 Å². The lowest BCUT2D eigenvalue weighted by atomic mass is 10.1. The highest BCUT2D eigenvalue weighted by atomic mass is 16.1. The lowest BCUT2D eigenvalue weighted by Gasteiger charge is -2.03. The zero-order valence-corrected chi connectivity index (χ0v) is 8.69. The molecule has 0 bridgehead atoms. The number of aryl methyl sites for hydroxylation is 1. The van der Waals surface area contributed by atoms with Gasteiger partial charge >= 0.3 is 0 Å². The molecule has 78 valence electrons. The van der Waals surface area contributed by atoms with Gasteiger partial charge in [0.1, 0.15) is 0 Å². The van der Waals surface area contributed by atoms with Crippen LogP contribution in [0.2, 0.25) is 0 Å². The monoisotopic (exact) mass is 211 g/mol. The third-order valence-corrected chi connectivity index (χ3v) is 2.26. The van der Waals surface area contributed by atoms with Crippen LogP contribution in [0.25, 0.3) is 11.3 Å². The summed E-state index contributed by atoms with van der Waals surface area (Å²) in [5.41, 5.74) is 2.66. The predicted octanol–water partition coefficient (Wildman–Crippen LogP) is 1.62. The van der Waals surface area contributed by atoms with E-state index in [9.17, 15) is 4.79 Å². The molecule has 0 spiro atoms. The molecule has 0 aliphatic heterocycles. The van der Waals surface area contributed by atoms with Crippen LogP contribution < -0.4 is 5.56 Å². The van der Waals surface area contributed by atoms with Crippen molar-refractivity contribution in [3.63, 3.8) is 0 Å². The first-order valence-electron chi connectivity index (χ1n) is 4.77. The summed E-state index contributed by atoms with van der Waals surface area (Å²) in [6.07, 6.45) is 0. The molecule has 1 N–H and O–H groups in total. The van der Waals surface area contributed by atoms with Gasteiger partial charge < -0.3 is 0 Å². The maximum Gasteiger partial charge on any atom is 0.264 e. The number of hydrogen-bond acceptors (Lipinski definition) is 3. The van der Waals surface area contributed by atoms with Crippen molar-refractivity contribution in [2.24, 2.45) is 0 Å². The van der Waals surface area contributed by atoms with Gasteiger partial charge in [0.05, 0.1) is 17.3 Å². The normalized spacial score (nSPS) is 9.75. The second kappa shape index (κ2) is 3.99. The molecule has 0 fully saturated rings. The minimum Gasteiger partial charge on any atom is -0.268 e. The number of nitrogens with zero attached hydrogens (tertiary/aromatic N) is 2. The van der Waals surface area contributed by atoms with Crippen molar-refractivity contribution in [2.75, 3.05) is 0 Å². The Morgan fingerprint density at radius 1 is 1.38 bits per heavy atom. The van der Waals surface area contributed by atoms with Gasteiger partial charge in [-0.3, -0.25) is 4.79 Å². The molecule has 2 rings (SSSR count). The van der Waals surface area contributed by atoms with E-state index in [-0.39, 0.29) is 5.56 Å². The van der Waals surface area contributed by atoms with E-state index in [0.717, 1.165) is 11.1 Å². The maximum atomic E-state index is 11.0. The van der Waals surface area contributed by atoms with Crippen LogP contribution in [-0.4, -0.2) is 10.2 Å². The number of hydrogen-bond donors (Lipinski definition) is 1. The standard InChI is InChI=1S/C12H9N3O/c1-8-5-11(16)14-15-12(8)10-4-2-3-9(6-10)7-13/h2-6H,1H3,(H,14,16). The molecule has 1 aromatic heterocycles. The minimum absolute atomic E-state index is 0.224. The molecule has 0 aliphatic carbocycles. The molecule has 0 saturated carbocycles. The first kappa shape index (κ1) is 10.1. The van der Waals surface area contributed by atoms with Crippen molar-refractivity contribution in [3.8, 4) is 17.3 Å². The van der Waals surface area contributed by atoms with Crippen molar-refractivity contribution in [1.82, 2.24) is 10.2 Å². The van der Waals surface area contributed by atoms with E-state index in [4.69, 9.17) is 5.26 Å². The van der Waals surface area contributed by atoms with E-state index in [2.05, 4.69) is 16.3 Å². The number of benzene rings is 1. The number of nitriles is 1. The minimum atomic E-state index is -0.224. The molecule has 0 unspecified atom stereocenters. The van der Waals surface area contributed by atoms with Crippen LogP contribution in [0.1, 0.15) is 11.1 Å². The van der Waals surface area contributed by atoms with Crippen molar-refractivity contribution >= 4 is 0 Å². The molecule has 0 atom stereocenters. The smallest absolute Gasteiger partial charge is 0.264 e. The summed E-state index contributed by atoms with van der Waals surface area (Å²) < 4.78 is 0. The summed E-state index contributed by atoms with van der Waals surface area (Å²) in [7, 11) is 0. The first-order chi connectivity index (χ1) is 7.70. The summed E-state index contributed by atoms with van der Waals surface area (Å²) >= 11 is 0. The fraction of sp³-hybridized carbons (Fsp3) is 0.0833. The van der Waals surface area contributed by atoms with E-state index < -0.39 is 0 Å². The SMILES string of the molecule is Cc1cc(=O)[nH]nc1-c1cccc(C#N)c1. The van der Waals surface area contributed by atoms with Gasteiger partial charge in [0.15, 0.2) is 0 Å². The first-order valence-corrected chi connectivity index (χ1v) is 4.77. The molecule has 0 radical (unpaired) electrons. The van der Waals surface area contributed by atoms with Crippen molar-refractivity contribution < 1.29 is 0 Å². The van der Waals surface area contributed by atoms with Gasteiger partial charge in [-0.05, 0) is 24.6 Å². The highest BCUT2D eigenvalue weighted by Crippen LogP contribution is 2.19. The topological polar surface area (TPSA) is 69.5 Å². The average Bonchev–Trinajstić information content (AvgIpc) is 2.29. The van der Waals surface area contributed by atoms with Gasteiger partial charge in [0, 0.05) is 11.6 Å². The molecule has 1 heterocycles. The Kier molecular flexibility index (Phi) is 2.52. The lowest BCUT2D eigenvalue weighted by Crippen LogP contribution is -2.08. The second-order valence-corrected chi connectivity index (χ2v) is 3.46. The van der Waals surface area contributed by atoms with E-state index in [1.54, 1.807) is 18.2 Å². The van der Waals surface area contributed by atoms with Crippen LogP contribution in [0.15, 0.2) is 35.1 Å². The molecule has 4 heteroatoms. The van der Waals surface area contributed by atoms with Gasteiger partial charge in [-0.1, -0.05) is 12.1 Å². The zero-order chi connectivity index (χ0) is 11.5. The van der Waals surface area contributed by atoms with E-state index in [0.29, 0.717) is 11.3 Å². The fourth-order valence-corrected chi connectivity index (χ4v) is 1.52. The summed E-state index contributed by atoms with van der Waals surface area (Å²) in [6.45, 7) is 1.82. The molecule has 16 heavy (non-hydrogen) atoms. The largest absolute Gasteiger partial charge is 0.268 e. The lowest BCUT2D eigenvalue weighted by molar-refractivity contribution is 0.981. The number of rotatable bonds is 1. The summed E-state index contributed by atoms with van der Waals surface area (Å²) in [4.78, 5) is 11.0. The van der Waals surface area contributed by atoms with E-state index in [1.807, 2.05) is 13.0 Å². The Labute approximate surface area is 92.2 Å². The number of H-pyrrole nitrogens is 1. The van der Waals surface area contributed by atoms with Gasteiger partial charge in [0.25, 0.3) is 5.56 Å². The molecule has 1 aromatic carbocycles. The second-order valence-electron chi connectivity index (χ2n) is 3.46. The van der Waals surface area contributed by atoms with E-state index in [1.165, 1.54) is 6.07 Å². The van der Waals surface area contributed by atoms with Crippen LogP contribution in [0.3, 0.4) is 0 Å². The predicted molar refractivity (Wildman–Crippen MR) is 59.7 cm³/mol. The van der Waals surface area contributed by atoms with Crippen LogP contribution in [0.4, 0.5) is 0 Å². The Morgan fingerprint density at radius 2 is 2.19 bits per heavy atom. The Balaban J connectivity index is 2.59. The Hall–Kier alpha value is -2.41. The van der Waals surface area contributed by atoms with Gasteiger partial charge in [-0.2, -0.15) is 10.4 Å². The van der Waals surface area contributed by atoms with Crippen molar-refractivity contribution in [1.29, 1.82) is 5.26 Å². The summed E-state index contributed by atoms with van der Waals surface area (Å²) in [5.74, 6) is 0. The maximum absolute atomic E-state index is 11.0. The van der Waals surface area contributed by atoms with Crippen LogP contribution in [0, 0.1) is 18.3 Å². The Morgan fingerprint density at radius 3 is 2.88 bits per heavy atom. The van der Waals surface area contributed by atoms with E-state index >= 15 is 0 Å². The molecule has 4 nitrogen and oxygen atoms in total. The highest BCUT2D eigenvalue weighted by molar-refractivity contribution is 5.63. The highest BCUT2D eigenvalue weighted by Gasteiger charge is 2.04. The molecule has 2 aromatic rings. The number of nitrogens with one attached hydrogen (secondary N) is 1. The molecule has 0 aliphatic rings. The quantitative estimate of drug-likeness (QED) is 0.779. The van der Waals surface area contributed by atoms with Crippen LogP contribution in [0.5, 0.6) is 0 Å². The third kappa shape index (κ3) is 1.84. The van der Waals surface area contributed by atoms with Gasteiger partial charge in [-0.25, -0.2) is 5.10 Å². The molecular formula is C12H9N3O. The summed E-state index contributed by atoms with van der Waals surface area (Å²) in [6, 6.07) is 10.7. The van der Waals surface area contributed by atoms with Crippen molar-refractivity contribution in [3.05, 3.63) is 51.8 Å². The fourth-order valence-electron chi connectivity index (χ4n) is 1.52. The molecular weight excluding hydrogens is 202 g/mol. The molecule has 0 saturated heterocycles. The zero-order valence-electron chi connectivity index (χ0n) is 8.69. The molecule has 0 amide bonds. The Bertz CT molecular complexity index is 623.